The van der Waals surface area contributed by atoms with E-state index in [0.29, 0.717) is 27.8 Å². The molecular weight excluding hydrogens is 425 g/mol. The Hall–Kier alpha value is -3.09. The monoisotopic (exact) mass is 439 g/mol. The minimum atomic E-state index is -0.651. The van der Waals surface area contributed by atoms with Gasteiger partial charge < -0.3 is 4.74 Å². The van der Waals surface area contributed by atoms with Gasteiger partial charge >= 0.3 is 0 Å². The minimum absolute atomic E-state index is 0.00731. The highest BCUT2D eigenvalue weighted by Gasteiger charge is 2.42. The normalized spacial score (nSPS) is 19.5. The van der Waals surface area contributed by atoms with E-state index in [9.17, 15) is 10.1 Å². The van der Waals surface area contributed by atoms with Gasteiger partial charge in [-0.3, -0.25) is 10.1 Å². The van der Waals surface area contributed by atoms with E-state index in [-0.39, 0.29) is 11.7 Å². The topological polar surface area (TPSA) is 68.0 Å². The summed E-state index contributed by atoms with van der Waals surface area (Å²) >= 11 is 12.7. The van der Waals surface area contributed by atoms with Crippen LogP contribution in [0.5, 0.6) is 5.75 Å². The van der Waals surface area contributed by atoms with Gasteiger partial charge in [-0.2, -0.15) is 5.10 Å². The number of hydrogen-bond acceptors (Lipinski definition) is 5. The predicted octanol–water partition coefficient (Wildman–Crippen LogP) is 6.14. The standard InChI is InChI=1S/C22H15Cl2N3O3/c23-15-10-17-20-12-19(13-5-2-1-3-6-13)25-26(20)22(30-21(17)18(24)11-15)14-7-4-8-16(9-14)27(28)29/h1-11,20,22H,12H2/t20-,22-/m1/s1. The summed E-state index contributed by atoms with van der Waals surface area (Å²) in [5, 5.41) is 18.9. The molecule has 0 saturated heterocycles. The zero-order valence-electron chi connectivity index (χ0n) is 15.5. The fraction of sp³-hybridized carbons (Fsp3) is 0.136. The molecule has 30 heavy (non-hydrogen) atoms. The molecule has 0 amide bonds. The molecular formula is C22H15Cl2N3O3. The van der Waals surface area contributed by atoms with Crippen molar-refractivity contribution in [2.75, 3.05) is 0 Å². The molecule has 0 fully saturated rings. The predicted molar refractivity (Wildman–Crippen MR) is 115 cm³/mol. The number of nitrogens with zero attached hydrogens (tertiary/aromatic N) is 3. The summed E-state index contributed by atoms with van der Waals surface area (Å²) in [6.45, 7) is 0. The molecule has 0 N–H and O–H groups in total. The molecule has 0 spiro atoms. The number of ether oxygens (including phenoxy) is 1. The van der Waals surface area contributed by atoms with Crippen molar-refractivity contribution < 1.29 is 9.66 Å². The lowest BCUT2D eigenvalue weighted by atomic mass is 9.96. The van der Waals surface area contributed by atoms with Crippen molar-refractivity contribution >= 4 is 34.6 Å². The van der Waals surface area contributed by atoms with Crippen LogP contribution in [0.25, 0.3) is 0 Å². The summed E-state index contributed by atoms with van der Waals surface area (Å²) in [7, 11) is 0. The first-order chi connectivity index (χ1) is 14.5. The number of hydrazone groups is 1. The van der Waals surface area contributed by atoms with Crippen molar-refractivity contribution in [2.45, 2.75) is 18.7 Å². The zero-order valence-corrected chi connectivity index (χ0v) is 17.0. The van der Waals surface area contributed by atoms with Gasteiger partial charge in [-0.15, -0.1) is 0 Å². The van der Waals surface area contributed by atoms with E-state index < -0.39 is 11.2 Å². The van der Waals surface area contributed by atoms with E-state index in [2.05, 4.69) is 0 Å². The van der Waals surface area contributed by atoms with Gasteiger partial charge in [0, 0.05) is 34.7 Å². The summed E-state index contributed by atoms with van der Waals surface area (Å²) in [6, 6.07) is 19.6. The largest absolute Gasteiger partial charge is 0.463 e. The smallest absolute Gasteiger partial charge is 0.269 e. The second-order valence-electron chi connectivity index (χ2n) is 7.14. The molecule has 0 aromatic heterocycles. The molecule has 2 heterocycles. The Labute approximate surface area is 182 Å². The number of nitro benzene ring substituents is 1. The number of benzene rings is 3. The lowest BCUT2D eigenvalue weighted by Gasteiger charge is -2.38. The fourth-order valence-electron chi connectivity index (χ4n) is 3.93. The van der Waals surface area contributed by atoms with Crippen LogP contribution in [-0.4, -0.2) is 15.6 Å². The maximum Gasteiger partial charge on any atom is 0.269 e. The number of fused-ring (bicyclic) bond motifs is 3. The Morgan fingerprint density at radius 3 is 2.63 bits per heavy atom. The van der Waals surface area contributed by atoms with Crippen LogP contribution in [0.1, 0.15) is 35.4 Å². The van der Waals surface area contributed by atoms with Crippen molar-refractivity contribution in [3.8, 4) is 5.75 Å². The summed E-state index contributed by atoms with van der Waals surface area (Å²) in [4.78, 5) is 10.9. The Morgan fingerprint density at radius 2 is 1.87 bits per heavy atom. The highest BCUT2D eigenvalue weighted by atomic mass is 35.5. The Balaban J connectivity index is 1.64. The van der Waals surface area contributed by atoms with Gasteiger partial charge in [0.05, 0.1) is 21.7 Å². The van der Waals surface area contributed by atoms with Crippen LogP contribution < -0.4 is 4.74 Å². The van der Waals surface area contributed by atoms with Crippen LogP contribution in [0.2, 0.25) is 10.0 Å². The number of halogens is 2. The molecule has 2 atom stereocenters. The maximum atomic E-state index is 11.3. The molecule has 150 valence electrons. The summed E-state index contributed by atoms with van der Waals surface area (Å²) in [6.07, 6.45) is -0.00932. The Bertz CT molecular complexity index is 1180. The van der Waals surface area contributed by atoms with E-state index in [1.807, 2.05) is 41.4 Å². The number of hydrogen-bond donors (Lipinski definition) is 0. The number of rotatable bonds is 3. The van der Waals surface area contributed by atoms with Crippen LogP contribution in [0.15, 0.2) is 71.8 Å². The van der Waals surface area contributed by atoms with Gasteiger partial charge in [0.2, 0.25) is 6.23 Å². The molecule has 0 unspecified atom stereocenters. The third-order valence-corrected chi connectivity index (χ3v) is 5.78. The Kier molecular flexibility index (Phi) is 4.60. The first-order valence-electron chi connectivity index (χ1n) is 9.32. The SMILES string of the molecule is O=[N+]([O-])c1cccc([C@H]2Oc3c(Cl)cc(Cl)cc3[C@H]3CC(c4ccccc4)=NN32)c1. The van der Waals surface area contributed by atoms with Crippen LogP contribution in [-0.2, 0) is 0 Å². The minimum Gasteiger partial charge on any atom is -0.463 e. The van der Waals surface area contributed by atoms with E-state index in [4.69, 9.17) is 33.0 Å². The molecule has 0 aliphatic carbocycles. The Morgan fingerprint density at radius 1 is 1.07 bits per heavy atom. The molecule has 5 rings (SSSR count). The van der Waals surface area contributed by atoms with E-state index >= 15 is 0 Å². The fourth-order valence-corrected chi connectivity index (χ4v) is 4.49. The van der Waals surface area contributed by atoms with Crippen LogP contribution >= 0.6 is 23.2 Å². The van der Waals surface area contributed by atoms with Crippen LogP contribution in [0.4, 0.5) is 5.69 Å². The lowest BCUT2D eigenvalue weighted by molar-refractivity contribution is -0.385. The second-order valence-corrected chi connectivity index (χ2v) is 7.98. The van der Waals surface area contributed by atoms with E-state index in [1.54, 1.807) is 18.2 Å². The zero-order chi connectivity index (χ0) is 20.8. The van der Waals surface area contributed by atoms with Gasteiger partial charge in [-0.1, -0.05) is 65.7 Å². The molecule has 3 aromatic carbocycles. The highest BCUT2D eigenvalue weighted by molar-refractivity contribution is 6.35. The quantitative estimate of drug-likeness (QED) is 0.362. The first kappa shape index (κ1) is 18.9. The van der Waals surface area contributed by atoms with Crippen molar-refractivity contribution in [2.24, 2.45) is 5.10 Å². The molecule has 2 aliphatic heterocycles. The average molecular weight is 440 g/mol. The lowest BCUT2D eigenvalue weighted by Crippen LogP contribution is -2.33. The van der Waals surface area contributed by atoms with Gasteiger partial charge in [-0.25, -0.2) is 5.01 Å². The summed E-state index contributed by atoms with van der Waals surface area (Å²) < 4.78 is 6.24. The first-order valence-corrected chi connectivity index (χ1v) is 10.1. The summed E-state index contributed by atoms with van der Waals surface area (Å²) in [5.74, 6) is 0.531. The third kappa shape index (κ3) is 3.18. The van der Waals surface area contributed by atoms with Crippen molar-refractivity contribution in [3.05, 3.63) is 104 Å². The van der Waals surface area contributed by atoms with Crippen LogP contribution in [0.3, 0.4) is 0 Å². The third-order valence-electron chi connectivity index (χ3n) is 5.28. The summed E-state index contributed by atoms with van der Waals surface area (Å²) in [5.41, 5.74) is 3.39. The van der Waals surface area contributed by atoms with Gasteiger partial charge in [0.1, 0.15) is 5.75 Å². The molecule has 8 heteroatoms. The molecule has 3 aromatic rings. The molecule has 0 saturated carbocycles. The molecule has 0 bridgehead atoms. The number of non-ortho nitro benzene ring substituents is 1. The highest BCUT2D eigenvalue weighted by Crippen LogP contribution is 2.50. The maximum absolute atomic E-state index is 11.3. The van der Waals surface area contributed by atoms with Crippen molar-refractivity contribution in [1.82, 2.24) is 5.01 Å². The van der Waals surface area contributed by atoms with Gasteiger partial charge in [0.15, 0.2) is 0 Å². The molecule has 6 nitrogen and oxygen atoms in total. The van der Waals surface area contributed by atoms with Crippen molar-refractivity contribution in [1.29, 1.82) is 0 Å². The number of nitro groups is 1. The van der Waals surface area contributed by atoms with Gasteiger partial charge in [-0.05, 0) is 17.7 Å². The van der Waals surface area contributed by atoms with Crippen LogP contribution in [0, 0.1) is 10.1 Å². The molecule has 2 aliphatic rings. The van der Waals surface area contributed by atoms with Gasteiger partial charge in [0.25, 0.3) is 5.69 Å². The molecule has 0 radical (unpaired) electrons. The van der Waals surface area contributed by atoms with E-state index in [1.165, 1.54) is 12.1 Å². The van der Waals surface area contributed by atoms with E-state index in [0.717, 1.165) is 16.8 Å². The average Bonchev–Trinajstić information content (AvgIpc) is 3.20. The van der Waals surface area contributed by atoms with Crippen molar-refractivity contribution in [3.63, 3.8) is 0 Å². The second kappa shape index (κ2) is 7.31.